The highest BCUT2D eigenvalue weighted by molar-refractivity contribution is 7.13. The van der Waals surface area contributed by atoms with Gasteiger partial charge in [-0.25, -0.2) is 15.0 Å². The molecule has 0 aliphatic carbocycles. The number of carbonyl (C=O) groups excluding carboxylic acids is 2. The molecule has 6 nitrogen and oxygen atoms in total. The molecule has 0 radical (unpaired) electrons. The van der Waals surface area contributed by atoms with E-state index in [0.717, 1.165) is 17.6 Å². The summed E-state index contributed by atoms with van der Waals surface area (Å²) in [6, 6.07) is 0.459. The monoisotopic (exact) mass is 439 g/mol. The molecule has 2 aromatic heterocycles. The molecule has 0 spiro atoms. The van der Waals surface area contributed by atoms with Crippen molar-refractivity contribution >= 4 is 57.6 Å². The van der Waals surface area contributed by atoms with E-state index in [1.165, 1.54) is 13.1 Å². The van der Waals surface area contributed by atoms with Gasteiger partial charge in [0.1, 0.15) is 10.3 Å². The van der Waals surface area contributed by atoms with Gasteiger partial charge in [-0.3, -0.25) is 9.59 Å². The van der Waals surface area contributed by atoms with Crippen LogP contribution in [0.2, 0.25) is 10.3 Å². The van der Waals surface area contributed by atoms with Crippen LogP contribution >= 0.6 is 34.5 Å². The van der Waals surface area contributed by atoms with Gasteiger partial charge in [0.25, 0.3) is 0 Å². The van der Waals surface area contributed by atoms with E-state index in [-0.39, 0.29) is 11.7 Å². The lowest BCUT2D eigenvalue weighted by atomic mass is 9.96. The standard InChI is InChI=1S/C15H10Cl2F3N3O3S/c1-2-26-13(25)7(6-22-14-21-3-4-27-14)11(24)10-8(15(18,19)20)5-9(16)23-12(10)17/h3-7H,2H2,1H3. The molecule has 2 rings (SSSR count). The zero-order valence-corrected chi connectivity index (χ0v) is 15.8. The first kappa shape index (κ1) is 21.3. The molecule has 27 heavy (non-hydrogen) atoms. The number of ketones is 1. The van der Waals surface area contributed by atoms with Crippen molar-refractivity contribution in [2.75, 3.05) is 6.61 Å². The summed E-state index contributed by atoms with van der Waals surface area (Å²) in [5.41, 5.74) is -2.40. The number of carbonyl (C=O) groups is 2. The van der Waals surface area contributed by atoms with Crippen LogP contribution in [-0.2, 0) is 15.7 Å². The Morgan fingerprint density at radius 2 is 2.11 bits per heavy atom. The van der Waals surface area contributed by atoms with E-state index in [1.54, 1.807) is 5.38 Å². The molecule has 1 atom stereocenters. The van der Waals surface area contributed by atoms with Gasteiger partial charge in [0, 0.05) is 17.8 Å². The summed E-state index contributed by atoms with van der Waals surface area (Å²) in [5.74, 6) is -4.12. The van der Waals surface area contributed by atoms with Crippen molar-refractivity contribution in [1.82, 2.24) is 9.97 Å². The first-order valence-electron chi connectivity index (χ1n) is 7.23. The number of ether oxygens (including phenoxy) is 1. The lowest BCUT2D eigenvalue weighted by Gasteiger charge is -2.16. The molecule has 0 aliphatic heterocycles. The third-order valence-electron chi connectivity index (χ3n) is 3.07. The highest BCUT2D eigenvalue weighted by Gasteiger charge is 2.40. The number of thiazole rings is 1. The van der Waals surface area contributed by atoms with Crippen molar-refractivity contribution in [3.63, 3.8) is 0 Å². The summed E-state index contributed by atoms with van der Waals surface area (Å²) in [5, 5.41) is 0.466. The van der Waals surface area contributed by atoms with Crippen molar-refractivity contribution in [3.05, 3.63) is 39.1 Å². The Hall–Kier alpha value is -2.04. The first-order chi connectivity index (χ1) is 12.6. The van der Waals surface area contributed by atoms with Gasteiger partial charge in [-0.15, -0.1) is 11.3 Å². The highest BCUT2D eigenvalue weighted by atomic mass is 35.5. The third-order valence-corrected chi connectivity index (χ3v) is 4.22. The molecule has 0 N–H and O–H groups in total. The van der Waals surface area contributed by atoms with E-state index in [4.69, 9.17) is 27.9 Å². The molecule has 0 bridgehead atoms. The van der Waals surface area contributed by atoms with Crippen molar-refractivity contribution in [1.29, 1.82) is 0 Å². The molecule has 0 aliphatic rings. The maximum atomic E-state index is 13.3. The minimum atomic E-state index is -4.95. The average Bonchev–Trinajstić information content (AvgIpc) is 3.07. The molecule has 0 aromatic carbocycles. The van der Waals surface area contributed by atoms with Crippen LogP contribution in [0, 0.1) is 5.92 Å². The molecular formula is C15H10Cl2F3N3O3S. The van der Waals surface area contributed by atoms with Crippen molar-refractivity contribution in [2.24, 2.45) is 10.9 Å². The SMILES string of the molecule is CCOC(=O)C(C=Nc1nccs1)C(=O)c1c(C(F)(F)F)cc(Cl)nc1Cl. The number of aromatic nitrogens is 2. The van der Waals surface area contributed by atoms with Gasteiger partial charge in [0.15, 0.2) is 11.7 Å². The molecular weight excluding hydrogens is 430 g/mol. The topological polar surface area (TPSA) is 81.5 Å². The van der Waals surface area contributed by atoms with Crippen molar-refractivity contribution < 1.29 is 27.5 Å². The van der Waals surface area contributed by atoms with Crippen LogP contribution in [0.25, 0.3) is 0 Å². The van der Waals surface area contributed by atoms with Gasteiger partial charge < -0.3 is 4.74 Å². The van der Waals surface area contributed by atoms with Crippen LogP contribution in [0.3, 0.4) is 0 Å². The van der Waals surface area contributed by atoms with Crippen LogP contribution in [0.5, 0.6) is 0 Å². The fourth-order valence-electron chi connectivity index (χ4n) is 1.98. The summed E-state index contributed by atoms with van der Waals surface area (Å²) in [6.45, 7) is 1.39. The van der Waals surface area contributed by atoms with E-state index in [2.05, 4.69) is 15.0 Å². The van der Waals surface area contributed by atoms with Gasteiger partial charge in [-0.05, 0) is 13.0 Å². The molecule has 144 valence electrons. The van der Waals surface area contributed by atoms with E-state index in [1.807, 2.05) is 0 Å². The molecule has 1 unspecified atom stereocenters. The summed E-state index contributed by atoms with van der Waals surface area (Å²) in [4.78, 5) is 36.0. The summed E-state index contributed by atoms with van der Waals surface area (Å²) in [6.07, 6.45) is -2.66. The maximum Gasteiger partial charge on any atom is 0.417 e. The Kier molecular flexibility index (Phi) is 6.90. The summed E-state index contributed by atoms with van der Waals surface area (Å²) in [7, 11) is 0. The number of alkyl halides is 3. The number of Topliss-reactive ketones (excluding diaryl/α,β-unsaturated/α-hetero) is 1. The Labute approximate surface area is 165 Å². The highest BCUT2D eigenvalue weighted by Crippen LogP contribution is 2.37. The van der Waals surface area contributed by atoms with Gasteiger partial charge in [0.2, 0.25) is 5.13 Å². The van der Waals surface area contributed by atoms with Gasteiger partial charge in [0.05, 0.1) is 17.7 Å². The van der Waals surface area contributed by atoms with E-state index in [0.29, 0.717) is 6.07 Å². The zero-order chi connectivity index (χ0) is 20.2. The van der Waals surface area contributed by atoms with Crippen molar-refractivity contribution in [2.45, 2.75) is 13.1 Å². The lowest BCUT2D eigenvalue weighted by molar-refractivity contribution is -0.144. The Morgan fingerprint density at radius 1 is 1.41 bits per heavy atom. The van der Waals surface area contributed by atoms with Crippen molar-refractivity contribution in [3.8, 4) is 0 Å². The first-order valence-corrected chi connectivity index (χ1v) is 8.86. The average molecular weight is 440 g/mol. The minimum Gasteiger partial charge on any atom is -0.465 e. The number of esters is 1. The summed E-state index contributed by atoms with van der Waals surface area (Å²) < 4.78 is 44.8. The van der Waals surface area contributed by atoms with Crippen LogP contribution in [-0.4, -0.2) is 34.5 Å². The Bertz CT molecular complexity index is 873. The molecule has 2 heterocycles. The number of halogens is 5. The third kappa shape index (κ3) is 5.24. The Morgan fingerprint density at radius 3 is 2.67 bits per heavy atom. The molecule has 0 amide bonds. The number of hydrogen-bond acceptors (Lipinski definition) is 7. The second-order valence-corrected chi connectivity index (χ2v) is 6.46. The number of rotatable bonds is 6. The van der Waals surface area contributed by atoms with Gasteiger partial charge >= 0.3 is 12.1 Å². The fraction of sp³-hybridized carbons (Fsp3) is 0.267. The zero-order valence-electron chi connectivity index (χ0n) is 13.5. The molecule has 0 saturated heterocycles. The smallest absolute Gasteiger partial charge is 0.417 e. The fourth-order valence-corrected chi connectivity index (χ4v) is 2.99. The van der Waals surface area contributed by atoms with E-state index >= 15 is 0 Å². The van der Waals surface area contributed by atoms with Crippen LogP contribution in [0.4, 0.5) is 18.3 Å². The maximum absolute atomic E-state index is 13.3. The predicted molar refractivity (Wildman–Crippen MR) is 94.0 cm³/mol. The second-order valence-electron chi connectivity index (χ2n) is 4.84. The normalized spacial score (nSPS) is 13.0. The minimum absolute atomic E-state index is 0.0908. The second kappa shape index (κ2) is 8.77. The number of aliphatic imine (C=N–C) groups is 1. The number of pyridine rings is 1. The van der Waals surface area contributed by atoms with Gasteiger partial charge in [-0.1, -0.05) is 23.2 Å². The summed E-state index contributed by atoms with van der Waals surface area (Å²) >= 11 is 12.4. The quantitative estimate of drug-likeness (QED) is 0.215. The number of nitrogens with zero attached hydrogens (tertiary/aromatic N) is 3. The van der Waals surface area contributed by atoms with Gasteiger partial charge in [-0.2, -0.15) is 13.2 Å². The lowest BCUT2D eigenvalue weighted by Crippen LogP contribution is -2.30. The molecule has 0 fully saturated rings. The molecule has 12 heteroatoms. The van der Waals surface area contributed by atoms with E-state index < -0.39 is 45.3 Å². The Balaban J connectivity index is 2.53. The molecule has 0 saturated carbocycles. The predicted octanol–water partition coefficient (Wildman–Crippen LogP) is 4.63. The van der Waals surface area contributed by atoms with Crippen LogP contribution < -0.4 is 0 Å². The van der Waals surface area contributed by atoms with E-state index in [9.17, 15) is 22.8 Å². The molecule has 2 aromatic rings. The van der Waals surface area contributed by atoms with Crippen LogP contribution in [0.1, 0.15) is 22.8 Å². The number of hydrogen-bond donors (Lipinski definition) is 0. The largest absolute Gasteiger partial charge is 0.465 e. The van der Waals surface area contributed by atoms with Crippen LogP contribution in [0.15, 0.2) is 22.6 Å².